The van der Waals surface area contributed by atoms with Crippen LogP contribution in [0.2, 0.25) is 0 Å². The molecule has 1 aliphatic carbocycles. The van der Waals surface area contributed by atoms with Crippen LogP contribution in [0, 0.1) is 0 Å². The maximum atomic E-state index is 11.5. The molecule has 2 rings (SSSR count). The fraction of sp³-hybridized carbons (Fsp3) is 0.444. The van der Waals surface area contributed by atoms with Crippen LogP contribution in [0.25, 0.3) is 0 Å². The van der Waals surface area contributed by atoms with Gasteiger partial charge in [0.2, 0.25) is 0 Å². The molecule has 0 aliphatic heterocycles. The van der Waals surface area contributed by atoms with E-state index in [9.17, 15) is 13.0 Å². The number of aromatic nitrogens is 3. The summed E-state index contributed by atoms with van der Waals surface area (Å²) in [6.45, 7) is 0. The molecule has 3 N–H and O–H groups in total. The average molecular weight is 325 g/mol. The molecule has 0 radical (unpaired) electrons. The standard InChI is InChI=1S/C9H10Cl2N4O3S/c10-8(12)2-1-6(19(16,17)18)9(11,3-8)7-14-4-13-5-15-7/h1-2,4-6H,3,12H2,(H,16,17,18). The van der Waals surface area contributed by atoms with Crippen molar-refractivity contribution in [2.45, 2.75) is 21.5 Å². The number of halogens is 2. The van der Waals surface area contributed by atoms with Crippen LogP contribution in [-0.2, 0) is 15.0 Å². The molecule has 0 aromatic carbocycles. The third-order valence-electron chi connectivity index (χ3n) is 2.71. The van der Waals surface area contributed by atoms with Gasteiger partial charge in [-0.3, -0.25) is 4.55 Å². The van der Waals surface area contributed by atoms with E-state index in [1.165, 1.54) is 6.08 Å². The van der Waals surface area contributed by atoms with Crippen molar-refractivity contribution in [3.8, 4) is 0 Å². The minimum Gasteiger partial charge on any atom is -0.309 e. The maximum Gasteiger partial charge on any atom is 0.273 e. The van der Waals surface area contributed by atoms with E-state index in [1.54, 1.807) is 0 Å². The molecule has 1 aromatic heterocycles. The topological polar surface area (TPSA) is 119 Å². The van der Waals surface area contributed by atoms with Gasteiger partial charge in [-0.05, 0) is 0 Å². The minimum absolute atomic E-state index is 0.0217. The van der Waals surface area contributed by atoms with Crippen LogP contribution in [0.4, 0.5) is 0 Å². The highest BCUT2D eigenvalue weighted by Crippen LogP contribution is 2.45. The van der Waals surface area contributed by atoms with Crippen LogP contribution in [0.1, 0.15) is 12.2 Å². The van der Waals surface area contributed by atoms with Crippen molar-refractivity contribution < 1.29 is 13.0 Å². The Morgan fingerprint density at radius 3 is 2.47 bits per heavy atom. The molecule has 3 atom stereocenters. The van der Waals surface area contributed by atoms with Gasteiger partial charge in [0.15, 0.2) is 5.82 Å². The van der Waals surface area contributed by atoms with Crippen LogP contribution >= 0.6 is 23.2 Å². The second-order valence-electron chi connectivity index (χ2n) is 4.22. The molecule has 0 amide bonds. The smallest absolute Gasteiger partial charge is 0.273 e. The molecule has 0 saturated carbocycles. The summed E-state index contributed by atoms with van der Waals surface area (Å²) in [5, 5.41) is -1.44. The number of hydrogen-bond acceptors (Lipinski definition) is 6. The van der Waals surface area contributed by atoms with Gasteiger partial charge in [0, 0.05) is 6.42 Å². The van der Waals surface area contributed by atoms with Gasteiger partial charge in [-0.15, -0.1) is 11.6 Å². The van der Waals surface area contributed by atoms with Gasteiger partial charge in [0.1, 0.15) is 27.8 Å². The quantitative estimate of drug-likeness (QED) is 0.350. The number of hydrogen-bond donors (Lipinski definition) is 2. The van der Waals surface area contributed by atoms with E-state index in [2.05, 4.69) is 15.0 Å². The fourth-order valence-corrected chi connectivity index (χ4v) is 3.97. The van der Waals surface area contributed by atoms with E-state index in [-0.39, 0.29) is 12.2 Å². The van der Waals surface area contributed by atoms with Crippen molar-refractivity contribution in [2.24, 2.45) is 5.73 Å². The van der Waals surface area contributed by atoms with E-state index in [0.29, 0.717) is 0 Å². The Labute approximate surface area is 119 Å². The Hall–Kier alpha value is -0.800. The molecule has 19 heavy (non-hydrogen) atoms. The summed E-state index contributed by atoms with van der Waals surface area (Å²) in [4.78, 5) is 8.25. The zero-order valence-corrected chi connectivity index (χ0v) is 11.8. The van der Waals surface area contributed by atoms with Crippen LogP contribution < -0.4 is 5.73 Å². The van der Waals surface area contributed by atoms with Crippen molar-refractivity contribution >= 4 is 33.3 Å². The lowest BCUT2D eigenvalue weighted by atomic mass is 9.88. The van der Waals surface area contributed by atoms with Crippen molar-refractivity contribution in [2.75, 3.05) is 0 Å². The number of nitrogens with zero attached hydrogens (tertiary/aromatic N) is 3. The Kier molecular flexibility index (Phi) is 3.56. The first-order valence-corrected chi connectivity index (χ1v) is 7.36. The van der Waals surface area contributed by atoms with Gasteiger partial charge in [0.25, 0.3) is 10.1 Å². The van der Waals surface area contributed by atoms with Crippen molar-refractivity contribution in [3.63, 3.8) is 0 Å². The maximum absolute atomic E-state index is 11.5. The Morgan fingerprint density at radius 1 is 1.37 bits per heavy atom. The summed E-state index contributed by atoms with van der Waals surface area (Å²) in [5.74, 6) is -0.0217. The largest absolute Gasteiger partial charge is 0.309 e. The average Bonchev–Trinajstić information content (AvgIpc) is 2.27. The second-order valence-corrected chi connectivity index (χ2v) is 7.14. The number of rotatable bonds is 2. The Morgan fingerprint density at radius 2 is 1.95 bits per heavy atom. The lowest BCUT2D eigenvalue weighted by Crippen LogP contribution is -2.50. The molecule has 1 heterocycles. The molecule has 104 valence electrons. The van der Waals surface area contributed by atoms with Crippen LogP contribution in [0.3, 0.4) is 0 Å². The van der Waals surface area contributed by atoms with Crippen molar-refractivity contribution in [1.29, 1.82) is 0 Å². The summed E-state index contributed by atoms with van der Waals surface area (Å²) in [6, 6.07) is 0. The summed E-state index contributed by atoms with van der Waals surface area (Å²) >= 11 is 12.3. The molecule has 0 fully saturated rings. The van der Waals surface area contributed by atoms with Gasteiger partial charge in [0.05, 0.1) is 0 Å². The summed E-state index contributed by atoms with van der Waals surface area (Å²) < 4.78 is 32.2. The fourth-order valence-electron chi connectivity index (χ4n) is 1.95. The van der Waals surface area contributed by atoms with Gasteiger partial charge >= 0.3 is 0 Å². The van der Waals surface area contributed by atoms with Gasteiger partial charge in [-0.2, -0.15) is 8.42 Å². The molecule has 0 spiro atoms. The van der Waals surface area contributed by atoms with E-state index in [1.807, 2.05) is 0 Å². The van der Waals surface area contributed by atoms with E-state index in [4.69, 9.17) is 28.9 Å². The summed E-state index contributed by atoms with van der Waals surface area (Å²) in [7, 11) is -4.47. The third kappa shape index (κ3) is 2.87. The second kappa shape index (κ2) is 4.64. The molecular weight excluding hydrogens is 315 g/mol. The highest BCUT2D eigenvalue weighted by Gasteiger charge is 2.52. The van der Waals surface area contributed by atoms with Gasteiger partial charge < -0.3 is 5.73 Å². The monoisotopic (exact) mass is 324 g/mol. The van der Waals surface area contributed by atoms with Crippen molar-refractivity contribution in [3.05, 3.63) is 30.6 Å². The first kappa shape index (κ1) is 14.6. The molecule has 7 nitrogen and oxygen atoms in total. The highest BCUT2D eigenvalue weighted by molar-refractivity contribution is 7.86. The molecular formula is C9H10Cl2N4O3S. The SMILES string of the molecule is NC1(Cl)C=CC(S(=O)(=O)O)C(Cl)(c2ncncn2)C1. The number of nitrogens with two attached hydrogens (primary N) is 1. The molecule has 10 heteroatoms. The van der Waals surface area contributed by atoms with Gasteiger partial charge in [-0.25, -0.2) is 15.0 Å². The van der Waals surface area contributed by atoms with E-state index >= 15 is 0 Å². The normalized spacial score (nSPS) is 35.3. The summed E-state index contributed by atoms with van der Waals surface area (Å²) in [5.41, 5.74) is 5.74. The highest BCUT2D eigenvalue weighted by atomic mass is 35.5. The first-order valence-electron chi connectivity index (χ1n) is 5.10. The molecule has 1 aliphatic rings. The van der Waals surface area contributed by atoms with E-state index < -0.39 is 25.2 Å². The Bertz CT molecular complexity index is 607. The number of alkyl halides is 2. The molecule has 3 unspecified atom stereocenters. The van der Waals surface area contributed by atoms with Crippen LogP contribution in [-0.4, -0.2) is 38.2 Å². The molecule has 1 aromatic rings. The minimum atomic E-state index is -4.47. The van der Waals surface area contributed by atoms with Crippen LogP contribution in [0.5, 0.6) is 0 Å². The Balaban J connectivity index is 2.60. The third-order valence-corrected chi connectivity index (χ3v) is 4.84. The predicted molar refractivity (Wildman–Crippen MR) is 69.2 cm³/mol. The zero-order valence-electron chi connectivity index (χ0n) is 9.44. The van der Waals surface area contributed by atoms with Gasteiger partial charge in [-0.1, -0.05) is 23.8 Å². The predicted octanol–water partition coefficient (Wildman–Crippen LogP) is 0.416. The molecule has 0 bridgehead atoms. The van der Waals surface area contributed by atoms with Crippen LogP contribution in [0.15, 0.2) is 24.8 Å². The molecule has 0 saturated heterocycles. The summed E-state index contributed by atoms with van der Waals surface area (Å²) in [6.07, 6.45) is 4.57. The van der Waals surface area contributed by atoms with Crippen molar-refractivity contribution in [1.82, 2.24) is 15.0 Å². The lowest BCUT2D eigenvalue weighted by molar-refractivity contribution is 0.410. The zero-order chi connectivity index (χ0) is 14.3. The first-order chi connectivity index (χ1) is 8.65. The lowest BCUT2D eigenvalue weighted by Gasteiger charge is -2.38. The van der Waals surface area contributed by atoms with E-state index in [0.717, 1.165) is 18.7 Å².